The molecule has 0 radical (unpaired) electrons. The summed E-state index contributed by atoms with van der Waals surface area (Å²) in [7, 11) is 0. The molecular formula is C12H19N3O. The normalized spacial score (nSPS) is 23.7. The Morgan fingerprint density at radius 1 is 1.62 bits per heavy atom. The molecule has 0 spiro atoms. The van der Waals surface area contributed by atoms with E-state index in [9.17, 15) is 5.11 Å². The second-order valence-electron chi connectivity index (χ2n) is 5.16. The van der Waals surface area contributed by atoms with Crippen LogP contribution in [0, 0.1) is 11.3 Å². The van der Waals surface area contributed by atoms with Gasteiger partial charge in [0.15, 0.2) is 5.82 Å². The molecule has 16 heavy (non-hydrogen) atoms. The maximum atomic E-state index is 9.36. The van der Waals surface area contributed by atoms with Crippen molar-refractivity contribution in [2.45, 2.75) is 13.8 Å². The maximum Gasteiger partial charge on any atom is 0.151 e. The van der Waals surface area contributed by atoms with Gasteiger partial charge < -0.3 is 15.7 Å². The van der Waals surface area contributed by atoms with Crippen molar-refractivity contribution in [3.05, 3.63) is 18.3 Å². The maximum absolute atomic E-state index is 9.36. The van der Waals surface area contributed by atoms with E-state index < -0.39 is 0 Å². The van der Waals surface area contributed by atoms with Crippen molar-refractivity contribution in [2.75, 3.05) is 30.3 Å². The van der Waals surface area contributed by atoms with Crippen LogP contribution in [0.2, 0.25) is 0 Å². The number of nitrogen functional groups attached to an aromatic ring is 1. The lowest BCUT2D eigenvalue weighted by Crippen LogP contribution is -2.25. The third kappa shape index (κ3) is 1.85. The zero-order valence-corrected chi connectivity index (χ0v) is 9.85. The molecule has 1 fully saturated rings. The lowest BCUT2D eigenvalue weighted by atomic mass is 9.83. The van der Waals surface area contributed by atoms with Crippen molar-refractivity contribution >= 4 is 11.5 Å². The molecule has 1 saturated heterocycles. The quantitative estimate of drug-likeness (QED) is 0.785. The molecule has 4 nitrogen and oxygen atoms in total. The molecule has 1 aliphatic rings. The van der Waals surface area contributed by atoms with Crippen LogP contribution in [0.5, 0.6) is 0 Å². The Kier molecular flexibility index (Phi) is 2.76. The van der Waals surface area contributed by atoms with Gasteiger partial charge in [-0.1, -0.05) is 13.8 Å². The molecule has 0 saturated carbocycles. The Morgan fingerprint density at radius 3 is 2.94 bits per heavy atom. The Labute approximate surface area is 96.1 Å². The summed E-state index contributed by atoms with van der Waals surface area (Å²) < 4.78 is 0. The summed E-state index contributed by atoms with van der Waals surface area (Å²) in [5.41, 5.74) is 6.72. The fourth-order valence-corrected chi connectivity index (χ4v) is 2.34. The van der Waals surface area contributed by atoms with Gasteiger partial charge in [-0.2, -0.15) is 0 Å². The second-order valence-corrected chi connectivity index (χ2v) is 5.16. The highest BCUT2D eigenvalue weighted by Crippen LogP contribution is 2.37. The smallest absolute Gasteiger partial charge is 0.151 e. The molecule has 2 rings (SSSR count). The van der Waals surface area contributed by atoms with E-state index in [4.69, 9.17) is 5.73 Å². The minimum absolute atomic E-state index is 0.110. The van der Waals surface area contributed by atoms with Gasteiger partial charge in [-0.25, -0.2) is 4.98 Å². The van der Waals surface area contributed by atoms with Crippen LogP contribution in [0.4, 0.5) is 11.5 Å². The number of nitrogens with two attached hydrogens (primary N) is 1. The van der Waals surface area contributed by atoms with Crippen LogP contribution in [-0.2, 0) is 0 Å². The van der Waals surface area contributed by atoms with Crippen LogP contribution < -0.4 is 10.6 Å². The van der Waals surface area contributed by atoms with Gasteiger partial charge in [0.2, 0.25) is 0 Å². The number of aliphatic hydroxyl groups is 1. The van der Waals surface area contributed by atoms with Crippen LogP contribution in [0.15, 0.2) is 18.3 Å². The fraction of sp³-hybridized carbons (Fsp3) is 0.583. The predicted molar refractivity (Wildman–Crippen MR) is 65.2 cm³/mol. The van der Waals surface area contributed by atoms with E-state index in [0.717, 1.165) is 18.9 Å². The summed E-state index contributed by atoms with van der Waals surface area (Å²) >= 11 is 0. The number of hydrogen-bond donors (Lipinski definition) is 2. The summed E-state index contributed by atoms with van der Waals surface area (Å²) in [5.74, 6) is 1.13. The van der Waals surface area contributed by atoms with Gasteiger partial charge in [-0.05, 0) is 17.5 Å². The molecule has 0 unspecified atom stereocenters. The van der Waals surface area contributed by atoms with Gasteiger partial charge in [0.1, 0.15) is 0 Å². The van der Waals surface area contributed by atoms with Crippen LogP contribution in [0.25, 0.3) is 0 Å². The lowest BCUT2D eigenvalue weighted by molar-refractivity contribution is 0.161. The topological polar surface area (TPSA) is 62.4 Å². The third-order valence-corrected chi connectivity index (χ3v) is 3.48. The van der Waals surface area contributed by atoms with Gasteiger partial charge in [0.05, 0.1) is 5.69 Å². The van der Waals surface area contributed by atoms with Gasteiger partial charge >= 0.3 is 0 Å². The van der Waals surface area contributed by atoms with Crippen molar-refractivity contribution in [1.82, 2.24) is 4.98 Å². The molecule has 88 valence electrons. The molecule has 0 bridgehead atoms. The molecule has 4 heteroatoms. The van der Waals surface area contributed by atoms with Crippen LogP contribution in [-0.4, -0.2) is 29.8 Å². The highest BCUT2D eigenvalue weighted by Gasteiger charge is 2.39. The molecule has 1 aromatic heterocycles. The minimum atomic E-state index is 0.110. The Hall–Kier alpha value is -1.29. The number of rotatable bonds is 2. The Bertz CT molecular complexity index is 378. The van der Waals surface area contributed by atoms with E-state index >= 15 is 0 Å². The largest absolute Gasteiger partial charge is 0.396 e. The summed E-state index contributed by atoms with van der Waals surface area (Å²) in [5, 5.41) is 9.36. The molecule has 1 aromatic rings. The SMILES string of the molecule is CC1(C)CN(c2ncccc2N)C[C@H]1CO. The van der Waals surface area contributed by atoms with Crippen molar-refractivity contribution in [3.8, 4) is 0 Å². The average molecular weight is 221 g/mol. The van der Waals surface area contributed by atoms with Crippen molar-refractivity contribution in [1.29, 1.82) is 0 Å². The molecule has 0 amide bonds. The molecule has 1 aliphatic heterocycles. The average Bonchev–Trinajstić information content (AvgIpc) is 2.54. The van der Waals surface area contributed by atoms with Crippen LogP contribution in [0.1, 0.15) is 13.8 Å². The number of nitrogens with zero attached hydrogens (tertiary/aromatic N) is 2. The highest BCUT2D eigenvalue weighted by atomic mass is 16.3. The first-order valence-corrected chi connectivity index (χ1v) is 5.61. The second kappa shape index (κ2) is 3.94. The predicted octanol–water partition coefficient (Wildman–Crippen LogP) is 1.12. The standard InChI is InChI=1S/C12H19N3O/c1-12(2)8-15(6-9(12)7-16)11-10(13)4-3-5-14-11/h3-5,9,16H,6-8,13H2,1-2H3/t9-/m0/s1. The third-order valence-electron chi connectivity index (χ3n) is 3.48. The first kappa shape index (κ1) is 11.2. The van der Waals surface area contributed by atoms with Gasteiger partial charge in [-0.15, -0.1) is 0 Å². The van der Waals surface area contributed by atoms with Crippen molar-refractivity contribution < 1.29 is 5.11 Å². The van der Waals surface area contributed by atoms with Crippen LogP contribution >= 0.6 is 0 Å². The lowest BCUT2D eigenvalue weighted by Gasteiger charge is -2.23. The van der Waals surface area contributed by atoms with Crippen molar-refractivity contribution in [3.63, 3.8) is 0 Å². The summed E-state index contributed by atoms with van der Waals surface area (Å²) in [6, 6.07) is 3.70. The molecule has 2 heterocycles. The first-order valence-electron chi connectivity index (χ1n) is 5.61. The zero-order chi connectivity index (χ0) is 11.8. The minimum Gasteiger partial charge on any atom is -0.396 e. The first-order chi connectivity index (χ1) is 7.54. The molecule has 3 N–H and O–H groups in total. The number of anilines is 2. The van der Waals surface area contributed by atoms with Gasteiger partial charge in [-0.3, -0.25) is 0 Å². The summed E-state index contributed by atoms with van der Waals surface area (Å²) in [6.07, 6.45) is 1.75. The number of aliphatic hydroxyl groups excluding tert-OH is 1. The van der Waals surface area contributed by atoms with Crippen LogP contribution in [0.3, 0.4) is 0 Å². The molecular weight excluding hydrogens is 202 g/mol. The van der Waals surface area contributed by atoms with E-state index in [2.05, 4.69) is 23.7 Å². The van der Waals surface area contributed by atoms with E-state index in [1.807, 2.05) is 12.1 Å². The Morgan fingerprint density at radius 2 is 2.38 bits per heavy atom. The van der Waals surface area contributed by atoms with E-state index in [0.29, 0.717) is 5.69 Å². The van der Waals surface area contributed by atoms with Gasteiger partial charge in [0.25, 0.3) is 0 Å². The summed E-state index contributed by atoms with van der Waals surface area (Å²) in [6.45, 7) is 6.28. The number of pyridine rings is 1. The Balaban J connectivity index is 2.23. The molecule has 0 aromatic carbocycles. The summed E-state index contributed by atoms with van der Waals surface area (Å²) in [4.78, 5) is 6.48. The molecule has 0 aliphatic carbocycles. The number of hydrogen-bond acceptors (Lipinski definition) is 4. The highest BCUT2D eigenvalue weighted by molar-refractivity contribution is 5.62. The van der Waals surface area contributed by atoms with Crippen molar-refractivity contribution in [2.24, 2.45) is 11.3 Å². The van der Waals surface area contributed by atoms with E-state index in [-0.39, 0.29) is 17.9 Å². The monoisotopic (exact) mass is 221 g/mol. The molecule has 1 atom stereocenters. The van der Waals surface area contributed by atoms with E-state index in [1.165, 1.54) is 0 Å². The zero-order valence-electron chi connectivity index (χ0n) is 9.85. The van der Waals surface area contributed by atoms with Gasteiger partial charge in [0, 0.05) is 31.8 Å². The number of aromatic nitrogens is 1. The van der Waals surface area contributed by atoms with E-state index in [1.54, 1.807) is 6.20 Å². The fourth-order valence-electron chi connectivity index (χ4n) is 2.34.